The molecule has 0 radical (unpaired) electrons. The van der Waals surface area contributed by atoms with Crippen LogP contribution in [-0.2, 0) is 4.74 Å². The van der Waals surface area contributed by atoms with E-state index >= 15 is 0 Å². The highest BCUT2D eigenvalue weighted by Gasteiger charge is 2.31. The van der Waals surface area contributed by atoms with E-state index in [-0.39, 0.29) is 12.1 Å². The molecule has 1 atom stereocenters. The average Bonchev–Trinajstić information content (AvgIpc) is 2.46. The summed E-state index contributed by atoms with van der Waals surface area (Å²) in [4.78, 5) is 24.6. The van der Waals surface area contributed by atoms with Crippen LogP contribution in [0.4, 0.5) is 10.7 Å². The third kappa shape index (κ3) is 5.23. The lowest BCUT2D eigenvalue weighted by Gasteiger charge is -2.38. The Balaban J connectivity index is 2.03. The maximum atomic E-state index is 12.4. The predicted octanol–water partition coefficient (Wildman–Crippen LogP) is 3.36. The molecule has 2 heterocycles. The standard InChI is InChI=1S/C16H25ClN4O2/c1-16(2,3)23-15(22)21-8-6-5-7-13(21)11-20(4)14-18-9-12(17)10-19-14/h9-10,13H,5-8,11H2,1-4H3. The van der Waals surface area contributed by atoms with E-state index in [1.807, 2.05) is 37.6 Å². The van der Waals surface area contributed by atoms with Crippen molar-refractivity contribution in [3.05, 3.63) is 17.4 Å². The number of carbonyl (C=O) groups is 1. The van der Waals surface area contributed by atoms with Crippen molar-refractivity contribution in [3.63, 3.8) is 0 Å². The Labute approximate surface area is 142 Å². The molecule has 23 heavy (non-hydrogen) atoms. The minimum Gasteiger partial charge on any atom is -0.444 e. The first kappa shape index (κ1) is 17.8. The molecule has 128 valence electrons. The number of carbonyl (C=O) groups excluding carboxylic acids is 1. The minimum absolute atomic E-state index is 0.0999. The largest absolute Gasteiger partial charge is 0.444 e. The molecule has 0 aromatic carbocycles. The van der Waals surface area contributed by atoms with E-state index in [1.165, 1.54) is 0 Å². The lowest BCUT2D eigenvalue weighted by Crippen LogP contribution is -2.50. The summed E-state index contributed by atoms with van der Waals surface area (Å²) in [6.45, 7) is 7.06. The number of hydrogen-bond donors (Lipinski definition) is 0. The Morgan fingerprint density at radius 2 is 2.04 bits per heavy atom. The first-order valence-corrected chi connectivity index (χ1v) is 8.32. The Bertz CT molecular complexity index is 530. The van der Waals surface area contributed by atoms with Crippen LogP contribution in [0.3, 0.4) is 0 Å². The molecule has 1 unspecified atom stereocenters. The molecule has 2 rings (SSSR count). The highest BCUT2D eigenvalue weighted by Crippen LogP contribution is 2.22. The Morgan fingerprint density at radius 3 is 2.65 bits per heavy atom. The van der Waals surface area contributed by atoms with Crippen LogP contribution >= 0.6 is 11.6 Å². The molecule has 1 saturated heterocycles. The van der Waals surface area contributed by atoms with E-state index in [0.29, 0.717) is 17.5 Å². The lowest BCUT2D eigenvalue weighted by atomic mass is 10.0. The molecule has 0 aliphatic carbocycles. The normalized spacial score (nSPS) is 18.7. The molecule has 1 fully saturated rings. The van der Waals surface area contributed by atoms with Gasteiger partial charge < -0.3 is 14.5 Å². The Kier molecular flexibility index (Phi) is 5.68. The second kappa shape index (κ2) is 7.34. The van der Waals surface area contributed by atoms with Gasteiger partial charge in [0, 0.05) is 20.1 Å². The number of hydrogen-bond acceptors (Lipinski definition) is 5. The SMILES string of the molecule is CN(CC1CCCCN1C(=O)OC(C)(C)C)c1ncc(Cl)cn1. The van der Waals surface area contributed by atoms with Crippen molar-refractivity contribution in [1.82, 2.24) is 14.9 Å². The molecule has 1 aromatic heterocycles. The third-order valence-corrected chi connectivity index (χ3v) is 3.88. The summed E-state index contributed by atoms with van der Waals surface area (Å²) >= 11 is 5.82. The van der Waals surface area contributed by atoms with Gasteiger partial charge in [-0.25, -0.2) is 14.8 Å². The topological polar surface area (TPSA) is 58.6 Å². The second-order valence-electron chi connectivity index (χ2n) is 6.91. The summed E-state index contributed by atoms with van der Waals surface area (Å²) in [7, 11) is 1.92. The lowest BCUT2D eigenvalue weighted by molar-refractivity contribution is 0.0108. The van der Waals surface area contributed by atoms with Gasteiger partial charge >= 0.3 is 6.09 Å². The molecule has 0 spiro atoms. The Morgan fingerprint density at radius 1 is 1.39 bits per heavy atom. The van der Waals surface area contributed by atoms with Crippen molar-refractivity contribution in [2.45, 2.75) is 51.7 Å². The molecule has 0 bridgehead atoms. The van der Waals surface area contributed by atoms with Crippen LogP contribution in [-0.4, -0.2) is 52.7 Å². The first-order chi connectivity index (χ1) is 10.8. The highest BCUT2D eigenvalue weighted by atomic mass is 35.5. The quantitative estimate of drug-likeness (QED) is 0.844. The number of halogens is 1. The number of amides is 1. The fraction of sp³-hybridized carbons (Fsp3) is 0.688. The van der Waals surface area contributed by atoms with E-state index < -0.39 is 5.60 Å². The average molecular weight is 341 g/mol. The van der Waals surface area contributed by atoms with Gasteiger partial charge in [0.1, 0.15) is 5.60 Å². The monoisotopic (exact) mass is 340 g/mol. The molecule has 6 nitrogen and oxygen atoms in total. The van der Waals surface area contributed by atoms with Gasteiger partial charge in [0.05, 0.1) is 23.5 Å². The summed E-state index contributed by atoms with van der Waals surface area (Å²) in [5, 5.41) is 0.509. The van der Waals surface area contributed by atoms with Crippen LogP contribution in [0.15, 0.2) is 12.4 Å². The number of piperidine rings is 1. The summed E-state index contributed by atoms with van der Waals surface area (Å²) in [5.41, 5.74) is -0.482. The van der Waals surface area contributed by atoms with Crippen molar-refractivity contribution in [1.29, 1.82) is 0 Å². The van der Waals surface area contributed by atoms with Crippen LogP contribution in [0.2, 0.25) is 5.02 Å². The molecule has 1 aromatic rings. The van der Waals surface area contributed by atoms with Gasteiger partial charge in [-0.05, 0) is 40.0 Å². The molecule has 1 aliphatic heterocycles. The number of likely N-dealkylation sites (N-methyl/N-ethyl adjacent to an activating group) is 1. The smallest absolute Gasteiger partial charge is 0.410 e. The molecular formula is C16H25ClN4O2. The number of rotatable bonds is 3. The zero-order valence-electron chi connectivity index (χ0n) is 14.3. The van der Waals surface area contributed by atoms with Crippen molar-refractivity contribution in [3.8, 4) is 0 Å². The van der Waals surface area contributed by atoms with Gasteiger partial charge in [-0.2, -0.15) is 0 Å². The van der Waals surface area contributed by atoms with Crippen molar-refractivity contribution < 1.29 is 9.53 Å². The summed E-state index contributed by atoms with van der Waals surface area (Å²) in [6.07, 6.45) is 5.99. The molecule has 7 heteroatoms. The number of ether oxygens (including phenoxy) is 1. The van der Waals surface area contributed by atoms with Gasteiger partial charge in [-0.1, -0.05) is 11.6 Å². The fourth-order valence-corrected chi connectivity index (χ4v) is 2.75. The maximum Gasteiger partial charge on any atom is 0.410 e. The summed E-state index contributed by atoms with van der Waals surface area (Å²) < 4.78 is 5.53. The number of anilines is 1. The highest BCUT2D eigenvalue weighted by molar-refractivity contribution is 6.30. The summed E-state index contributed by atoms with van der Waals surface area (Å²) in [5.74, 6) is 0.601. The minimum atomic E-state index is -0.482. The van der Waals surface area contributed by atoms with Gasteiger partial charge in [0.15, 0.2) is 0 Å². The molecule has 1 aliphatic rings. The predicted molar refractivity (Wildman–Crippen MR) is 90.9 cm³/mol. The van der Waals surface area contributed by atoms with E-state index in [1.54, 1.807) is 12.4 Å². The second-order valence-corrected chi connectivity index (χ2v) is 7.34. The van der Waals surface area contributed by atoms with Crippen LogP contribution < -0.4 is 4.90 Å². The number of likely N-dealkylation sites (tertiary alicyclic amines) is 1. The number of aromatic nitrogens is 2. The van der Waals surface area contributed by atoms with Crippen LogP contribution in [0.1, 0.15) is 40.0 Å². The third-order valence-electron chi connectivity index (χ3n) is 3.69. The van der Waals surface area contributed by atoms with Crippen LogP contribution in [0.5, 0.6) is 0 Å². The molecular weight excluding hydrogens is 316 g/mol. The van der Waals surface area contributed by atoms with Crippen molar-refractivity contribution in [2.75, 3.05) is 25.0 Å². The van der Waals surface area contributed by atoms with Gasteiger partial charge in [-0.3, -0.25) is 0 Å². The van der Waals surface area contributed by atoms with E-state index in [9.17, 15) is 4.79 Å². The zero-order valence-corrected chi connectivity index (χ0v) is 15.0. The summed E-state index contributed by atoms with van der Waals surface area (Å²) in [6, 6.07) is 0.0999. The van der Waals surface area contributed by atoms with Gasteiger partial charge in [-0.15, -0.1) is 0 Å². The number of nitrogens with zero attached hydrogens (tertiary/aromatic N) is 4. The maximum absolute atomic E-state index is 12.4. The van der Waals surface area contributed by atoms with Gasteiger partial charge in [0.25, 0.3) is 0 Å². The fourth-order valence-electron chi connectivity index (χ4n) is 2.65. The van der Waals surface area contributed by atoms with Crippen LogP contribution in [0.25, 0.3) is 0 Å². The molecule has 0 saturated carbocycles. The molecule has 1 amide bonds. The molecule has 0 N–H and O–H groups in total. The van der Waals surface area contributed by atoms with Crippen LogP contribution in [0, 0.1) is 0 Å². The van der Waals surface area contributed by atoms with E-state index in [4.69, 9.17) is 16.3 Å². The van der Waals surface area contributed by atoms with Gasteiger partial charge in [0.2, 0.25) is 5.95 Å². The Hall–Kier alpha value is -1.56. The first-order valence-electron chi connectivity index (χ1n) is 7.94. The van der Waals surface area contributed by atoms with Crippen molar-refractivity contribution >= 4 is 23.6 Å². The zero-order chi connectivity index (χ0) is 17.0. The van der Waals surface area contributed by atoms with Crippen molar-refractivity contribution in [2.24, 2.45) is 0 Å². The van der Waals surface area contributed by atoms with E-state index in [2.05, 4.69) is 9.97 Å². The van der Waals surface area contributed by atoms with E-state index in [0.717, 1.165) is 25.8 Å².